The molecular weight excluding hydrogens is 406 g/mol. The van der Waals surface area contributed by atoms with Crippen LogP contribution in [0.3, 0.4) is 0 Å². The van der Waals surface area contributed by atoms with E-state index in [-0.39, 0.29) is 22.3 Å². The molecule has 0 aliphatic carbocycles. The molecule has 3 aromatic heterocycles. The van der Waals surface area contributed by atoms with E-state index >= 15 is 0 Å². The summed E-state index contributed by atoms with van der Waals surface area (Å²) < 4.78 is 29.1. The van der Waals surface area contributed by atoms with Gasteiger partial charge in [-0.05, 0) is 24.1 Å². The molecule has 4 aromatic rings. The Labute approximate surface area is 164 Å². The number of hydrogen-bond donors (Lipinski definition) is 1. The number of H-pyrrole nitrogens is 1. The standard InChI is InChI=1S/C18H12F2N4O2S2/c1-9-10(3-2-4-12(9)19)7-27-18-23-15-14(28-8-22-15)17(26)24(18)11-5-13(20)16(25)21-6-11/h2-6,8H,7H2,1H3,(H,21,25). The van der Waals surface area contributed by atoms with Crippen molar-refractivity contribution in [1.29, 1.82) is 0 Å². The third-order valence-electron chi connectivity index (χ3n) is 4.18. The SMILES string of the molecule is Cc1c(F)cccc1CSc1nc2ncsc2c(=O)n1-c1c[nH]c(=O)c(F)c1. The molecule has 0 aliphatic heterocycles. The molecule has 0 atom stereocenters. The average molecular weight is 418 g/mol. The van der Waals surface area contributed by atoms with Gasteiger partial charge in [0.2, 0.25) is 0 Å². The Morgan fingerprint density at radius 1 is 1.25 bits per heavy atom. The number of aromatic nitrogens is 4. The number of halogens is 2. The molecule has 0 amide bonds. The quantitative estimate of drug-likeness (QED) is 0.406. The molecule has 28 heavy (non-hydrogen) atoms. The maximum Gasteiger partial charge on any atom is 0.284 e. The molecule has 3 heterocycles. The van der Waals surface area contributed by atoms with E-state index in [1.807, 2.05) is 0 Å². The summed E-state index contributed by atoms with van der Waals surface area (Å²) in [6, 6.07) is 5.75. The fraction of sp³-hybridized carbons (Fsp3) is 0.111. The van der Waals surface area contributed by atoms with Crippen molar-refractivity contribution in [3.8, 4) is 5.69 Å². The summed E-state index contributed by atoms with van der Waals surface area (Å²) in [6.07, 6.45) is 1.25. The molecule has 0 saturated carbocycles. The van der Waals surface area contributed by atoms with Crippen molar-refractivity contribution in [3.63, 3.8) is 0 Å². The predicted octanol–water partition coefficient (Wildman–Crippen LogP) is 3.41. The molecule has 6 nitrogen and oxygen atoms in total. The Balaban J connectivity index is 1.84. The molecule has 1 aromatic carbocycles. The van der Waals surface area contributed by atoms with Crippen molar-refractivity contribution in [3.05, 3.63) is 79.4 Å². The summed E-state index contributed by atoms with van der Waals surface area (Å²) in [5.74, 6) is -0.982. The Bertz CT molecular complexity index is 1310. The van der Waals surface area contributed by atoms with E-state index < -0.39 is 16.9 Å². The molecule has 4 rings (SSSR count). The third kappa shape index (κ3) is 3.25. The van der Waals surface area contributed by atoms with Crippen LogP contribution in [0.15, 0.2) is 50.7 Å². The number of aromatic amines is 1. The number of fused-ring (bicyclic) bond motifs is 1. The molecule has 0 bridgehead atoms. The number of pyridine rings is 1. The van der Waals surface area contributed by atoms with Gasteiger partial charge in [0, 0.05) is 18.0 Å². The molecule has 0 saturated heterocycles. The minimum atomic E-state index is -1.01. The zero-order valence-corrected chi connectivity index (χ0v) is 16.0. The van der Waals surface area contributed by atoms with E-state index in [0.717, 1.165) is 23.0 Å². The highest BCUT2D eigenvalue weighted by Crippen LogP contribution is 2.26. The number of hydrogen-bond acceptors (Lipinski definition) is 6. The van der Waals surface area contributed by atoms with Gasteiger partial charge in [-0.25, -0.2) is 18.7 Å². The molecule has 0 fully saturated rings. The Kier molecular flexibility index (Phi) is 4.82. The zero-order chi connectivity index (χ0) is 19.8. The highest BCUT2D eigenvalue weighted by Gasteiger charge is 2.17. The van der Waals surface area contributed by atoms with Crippen LogP contribution < -0.4 is 11.1 Å². The predicted molar refractivity (Wildman–Crippen MR) is 104 cm³/mol. The van der Waals surface area contributed by atoms with Gasteiger partial charge >= 0.3 is 0 Å². The second-order valence-corrected chi connectivity index (χ2v) is 7.68. The number of nitrogens with one attached hydrogen (secondary N) is 1. The van der Waals surface area contributed by atoms with Gasteiger partial charge in [0.25, 0.3) is 11.1 Å². The van der Waals surface area contributed by atoms with Crippen molar-refractivity contribution < 1.29 is 8.78 Å². The lowest BCUT2D eigenvalue weighted by atomic mass is 10.1. The summed E-state index contributed by atoms with van der Waals surface area (Å²) in [6.45, 7) is 1.67. The zero-order valence-electron chi connectivity index (χ0n) is 14.4. The lowest BCUT2D eigenvalue weighted by molar-refractivity contribution is 0.605. The van der Waals surface area contributed by atoms with Crippen LogP contribution in [0.4, 0.5) is 8.78 Å². The van der Waals surface area contributed by atoms with Crippen molar-refractivity contribution in [1.82, 2.24) is 19.5 Å². The van der Waals surface area contributed by atoms with Crippen LogP contribution in [-0.2, 0) is 5.75 Å². The normalized spacial score (nSPS) is 11.2. The minimum Gasteiger partial charge on any atom is -0.324 e. The maximum atomic E-state index is 13.8. The second-order valence-electron chi connectivity index (χ2n) is 5.89. The fourth-order valence-corrected chi connectivity index (χ4v) is 4.36. The van der Waals surface area contributed by atoms with Crippen LogP contribution in [0.1, 0.15) is 11.1 Å². The minimum absolute atomic E-state index is 0.142. The smallest absolute Gasteiger partial charge is 0.284 e. The molecule has 0 spiro atoms. The number of benzene rings is 1. The highest BCUT2D eigenvalue weighted by atomic mass is 32.2. The largest absolute Gasteiger partial charge is 0.324 e. The number of rotatable bonds is 4. The fourth-order valence-electron chi connectivity index (χ4n) is 2.64. The lowest BCUT2D eigenvalue weighted by Crippen LogP contribution is -2.23. The monoisotopic (exact) mass is 418 g/mol. The lowest BCUT2D eigenvalue weighted by Gasteiger charge is -2.12. The highest BCUT2D eigenvalue weighted by molar-refractivity contribution is 7.98. The summed E-state index contributed by atoms with van der Waals surface area (Å²) >= 11 is 2.32. The summed E-state index contributed by atoms with van der Waals surface area (Å²) in [7, 11) is 0. The number of thiazole rings is 1. The van der Waals surface area contributed by atoms with Crippen molar-refractivity contribution in [2.45, 2.75) is 17.8 Å². The summed E-state index contributed by atoms with van der Waals surface area (Å²) in [5.41, 5.74) is 1.89. The van der Waals surface area contributed by atoms with E-state index in [1.54, 1.807) is 19.1 Å². The van der Waals surface area contributed by atoms with Crippen LogP contribution in [0.25, 0.3) is 16.0 Å². The molecular formula is C18H12F2N4O2S2. The van der Waals surface area contributed by atoms with Crippen LogP contribution in [0.2, 0.25) is 0 Å². The van der Waals surface area contributed by atoms with E-state index in [9.17, 15) is 18.4 Å². The first kappa shape index (κ1) is 18.5. The van der Waals surface area contributed by atoms with Crippen molar-refractivity contribution >= 4 is 33.4 Å². The molecule has 142 valence electrons. The van der Waals surface area contributed by atoms with Gasteiger partial charge in [0.15, 0.2) is 16.6 Å². The summed E-state index contributed by atoms with van der Waals surface area (Å²) in [5, 5.41) is 0.263. The first-order valence-electron chi connectivity index (χ1n) is 8.07. The van der Waals surface area contributed by atoms with Gasteiger partial charge in [0.1, 0.15) is 10.5 Å². The Morgan fingerprint density at radius 2 is 2.07 bits per heavy atom. The number of nitrogens with zero attached hydrogens (tertiary/aromatic N) is 3. The van der Waals surface area contributed by atoms with E-state index in [2.05, 4.69) is 15.0 Å². The van der Waals surface area contributed by atoms with Crippen LogP contribution in [-0.4, -0.2) is 19.5 Å². The summed E-state index contributed by atoms with van der Waals surface area (Å²) in [4.78, 5) is 35.0. The maximum absolute atomic E-state index is 13.8. The topological polar surface area (TPSA) is 80.6 Å². The van der Waals surface area contributed by atoms with Gasteiger partial charge < -0.3 is 4.98 Å². The van der Waals surface area contributed by atoms with Gasteiger partial charge in [-0.3, -0.25) is 14.2 Å². The van der Waals surface area contributed by atoms with E-state index in [4.69, 9.17) is 0 Å². The van der Waals surface area contributed by atoms with Crippen LogP contribution >= 0.6 is 23.1 Å². The first-order chi connectivity index (χ1) is 13.5. The molecule has 0 radical (unpaired) electrons. The van der Waals surface area contributed by atoms with Crippen LogP contribution in [0, 0.1) is 18.6 Å². The Morgan fingerprint density at radius 3 is 2.86 bits per heavy atom. The molecule has 0 aliphatic rings. The average Bonchev–Trinajstić information content (AvgIpc) is 3.14. The van der Waals surface area contributed by atoms with E-state index in [0.29, 0.717) is 16.0 Å². The van der Waals surface area contributed by atoms with E-state index in [1.165, 1.54) is 34.1 Å². The van der Waals surface area contributed by atoms with Crippen molar-refractivity contribution in [2.75, 3.05) is 0 Å². The van der Waals surface area contributed by atoms with Crippen LogP contribution in [0.5, 0.6) is 0 Å². The van der Waals surface area contributed by atoms with Crippen molar-refractivity contribution in [2.24, 2.45) is 0 Å². The third-order valence-corrected chi connectivity index (χ3v) is 5.97. The van der Waals surface area contributed by atoms with Gasteiger partial charge in [-0.15, -0.1) is 11.3 Å². The molecule has 0 unspecified atom stereocenters. The molecule has 1 N–H and O–H groups in total. The first-order valence-corrected chi connectivity index (χ1v) is 9.94. The van der Waals surface area contributed by atoms with Gasteiger partial charge in [-0.2, -0.15) is 0 Å². The number of thioether (sulfide) groups is 1. The molecule has 10 heteroatoms. The van der Waals surface area contributed by atoms with Gasteiger partial charge in [-0.1, -0.05) is 23.9 Å². The Hall–Kier alpha value is -2.85. The van der Waals surface area contributed by atoms with Gasteiger partial charge in [0.05, 0.1) is 11.2 Å². The second kappa shape index (κ2) is 7.28.